The number of carbonyl (C=O) groups is 1. The van der Waals surface area contributed by atoms with E-state index in [-0.39, 0.29) is 23.2 Å². The van der Waals surface area contributed by atoms with E-state index in [1.54, 1.807) is 24.1 Å². The number of phenols is 2. The zero-order chi connectivity index (χ0) is 17.4. The van der Waals surface area contributed by atoms with Gasteiger partial charge in [0.1, 0.15) is 0 Å². The summed E-state index contributed by atoms with van der Waals surface area (Å²) >= 11 is 2.84. The van der Waals surface area contributed by atoms with Crippen LogP contribution in [0.3, 0.4) is 0 Å². The normalized spacial score (nSPS) is 16.3. The second kappa shape index (κ2) is 6.11. The predicted octanol–water partition coefficient (Wildman–Crippen LogP) is 1.81. The van der Waals surface area contributed by atoms with Crippen molar-refractivity contribution in [3.8, 4) is 11.5 Å². The van der Waals surface area contributed by atoms with Gasteiger partial charge in [-0.05, 0) is 0 Å². The average Bonchev–Trinajstić information content (AvgIpc) is 2.76. The van der Waals surface area contributed by atoms with Crippen LogP contribution in [0, 0.1) is 5.82 Å². The molecule has 24 heavy (non-hydrogen) atoms. The van der Waals surface area contributed by atoms with E-state index in [4.69, 9.17) is 0 Å². The summed E-state index contributed by atoms with van der Waals surface area (Å²) in [6.45, 7) is 0. The molecule has 0 aromatic heterocycles. The summed E-state index contributed by atoms with van der Waals surface area (Å²) in [5, 5.41) is 18.9. The molecular formula is C17H13FN2O3Se. The van der Waals surface area contributed by atoms with Crippen LogP contribution in [0.5, 0.6) is 11.5 Å². The molecule has 0 aliphatic carbocycles. The summed E-state index contributed by atoms with van der Waals surface area (Å²) in [6, 6.07) is 9.92. The van der Waals surface area contributed by atoms with E-state index >= 15 is 0 Å². The van der Waals surface area contributed by atoms with Gasteiger partial charge in [0.25, 0.3) is 0 Å². The third-order valence-corrected chi connectivity index (χ3v) is 4.61. The Kier molecular flexibility index (Phi) is 4.13. The molecule has 2 aromatic rings. The molecule has 0 spiro atoms. The maximum absolute atomic E-state index is 13.1. The molecule has 0 saturated carbocycles. The molecule has 122 valence electrons. The van der Waals surface area contributed by atoms with Crippen molar-refractivity contribution >= 4 is 37.9 Å². The molecule has 0 bridgehead atoms. The van der Waals surface area contributed by atoms with Crippen molar-refractivity contribution in [2.75, 3.05) is 11.9 Å². The zero-order valence-corrected chi connectivity index (χ0v) is 14.3. The monoisotopic (exact) mass is 392 g/mol. The number of nitrogens with zero attached hydrogens (tertiary/aromatic N) is 2. The Morgan fingerprint density at radius 1 is 1.08 bits per heavy atom. The topological polar surface area (TPSA) is 64.0 Å². The number of hydrogen-bond acceptors (Lipinski definition) is 4. The first-order valence-electron chi connectivity index (χ1n) is 7.00. The molecule has 0 atom stereocenters. The van der Waals surface area contributed by atoms with Crippen LogP contribution in [0.4, 0.5) is 10.1 Å². The number of likely N-dealkylation sites (N-methyl/N-ethyl adjacent to an activating group) is 1. The summed E-state index contributed by atoms with van der Waals surface area (Å²) in [4.78, 5) is 15.8. The van der Waals surface area contributed by atoms with Gasteiger partial charge in [0.2, 0.25) is 0 Å². The minimum atomic E-state index is -0.379. The van der Waals surface area contributed by atoms with Gasteiger partial charge in [-0.25, -0.2) is 0 Å². The van der Waals surface area contributed by atoms with E-state index in [1.165, 1.54) is 41.3 Å². The number of rotatable bonds is 2. The summed E-state index contributed by atoms with van der Waals surface area (Å²) < 4.78 is 13.7. The zero-order valence-electron chi connectivity index (χ0n) is 12.6. The van der Waals surface area contributed by atoms with Gasteiger partial charge in [0.15, 0.2) is 0 Å². The Morgan fingerprint density at radius 2 is 1.75 bits per heavy atom. The van der Waals surface area contributed by atoms with Gasteiger partial charge >= 0.3 is 145 Å². The number of halogens is 1. The van der Waals surface area contributed by atoms with Crippen LogP contribution < -0.4 is 4.90 Å². The third kappa shape index (κ3) is 2.79. The molecule has 3 rings (SSSR count). The van der Waals surface area contributed by atoms with Gasteiger partial charge in [-0.2, -0.15) is 0 Å². The van der Waals surface area contributed by atoms with Crippen LogP contribution in [-0.2, 0) is 4.79 Å². The first-order chi connectivity index (χ1) is 11.4. The Morgan fingerprint density at radius 3 is 2.38 bits per heavy atom. The number of amides is 1. The standard InChI is InChI=1S/C17H13FN2O3Se/c1-19-13(8-10-2-7-14(21)15(22)9-10)16(23)20(17(19)24)12-5-3-11(18)4-6-12/h2-9,21-22H,1H3/b13-8+. The molecule has 2 N–H and O–H groups in total. The van der Waals surface area contributed by atoms with Crippen LogP contribution in [-0.4, -0.2) is 48.3 Å². The number of phenolic OH excluding ortho intramolecular Hbond substituents is 2. The second-order valence-electron chi connectivity index (χ2n) is 5.24. The van der Waals surface area contributed by atoms with E-state index < -0.39 is 0 Å². The van der Waals surface area contributed by atoms with Gasteiger partial charge in [-0.3, -0.25) is 0 Å². The molecule has 7 heteroatoms. The number of anilines is 1. The number of carbonyl (C=O) groups excluding carboxylic acids is 1. The fourth-order valence-electron chi connectivity index (χ4n) is 2.36. The molecule has 1 heterocycles. The van der Waals surface area contributed by atoms with Crippen molar-refractivity contribution in [1.82, 2.24) is 4.90 Å². The average molecular weight is 391 g/mol. The van der Waals surface area contributed by atoms with Crippen molar-refractivity contribution in [2.24, 2.45) is 0 Å². The fraction of sp³-hybridized carbons (Fsp3) is 0.0588. The molecule has 1 aliphatic heterocycles. The van der Waals surface area contributed by atoms with Crippen LogP contribution in [0.15, 0.2) is 48.2 Å². The second-order valence-corrected chi connectivity index (χ2v) is 6.00. The van der Waals surface area contributed by atoms with E-state index in [9.17, 15) is 19.4 Å². The number of hydrogen-bond donors (Lipinski definition) is 2. The minimum absolute atomic E-state index is 0.229. The van der Waals surface area contributed by atoms with Crippen molar-refractivity contribution in [3.05, 3.63) is 59.5 Å². The van der Waals surface area contributed by atoms with Crippen molar-refractivity contribution in [1.29, 1.82) is 0 Å². The van der Waals surface area contributed by atoms with Crippen molar-refractivity contribution in [3.63, 3.8) is 0 Å². The van der Waals surface area contributed by atoms with Gasteiger partial charge in [0.05, 0.1) is 0 Å². The van der Waals surface area contributed by atoms with Crippen LogP contribution >= 0.6 is 0 Å². The molecule has 0 unspecified atom stereocenters. The van der Waals surface area contributed by atoms with Crippen LogP contribution in [0.2, 0.25) is 0 Å². The summed E-state index contributed by atoms with van der Waals surface area (Å²) in [5.41, 5.74) is 1.48. The van der Waals surface area contributed by atoms with Gasteiger partial charge in [-0.15, -0.1) is 0 Å². The first kappa shape index (κ1) is 16.2. The van der Waals surface area contributed by atoms with Crippen molar-refractivity contribution < 1.29 is 19.4 Å². The molecule has 2 aromatic carbocycles. The number of aromatic hydroxyl groups is 2. The van der Waals surface area contributed by atoms with E-state index in [1.807, 2.05) is 0 Å². The SMILES string of the molecule is CN1C(=[Se])N(c2ccc(F)cc2)C(=O)/C1=C\c1ccc(O)c(O)c1. The first-order valence-corrected chi connectivity index (χ1v) is 7.85. The fourth-order valence-corrected chi connectivity index (χ4v) is 2.96. The summed E-state index contributed by atoms with van der Waals surface area (Å²) in [5.74, 6) is -1.16. The van der Waals surface area contributed by atoms with Gasteiger partial charge < -0.3 is 0 Å². The predicted molar refractivity (Wildman–Crippen MR) is 90.2 cm³/mol. The third-order valence-electron chi connectivity index (χ3n) is 3.65. The molecule has 1 aliphatic rings. The van der Waals surface area contributed by atoms with Gasteiger partial charge in [-0.1, -0.05) is 0 Å². The summed E-state index contributed by atoms with van der Waals surface area (Å²) in [6.07, 6.45) is 1.60. The van der Waals surface area contributed by atoms with E-state index in [0.29, 0.717) is 21.6 Å². The Hall–Kier alpha value is -2.63. The van der Waals surface area contributed by atoms with Crippen molar-refractivity contribution in [2.45, 2.75) is 0 Å². The van der Waals surface area contributed by atoms with Crippen LogP contribution in [0.25, 0.3) is 6.08 Å². The van der Waals surface area contributed by atoms with E-state index in [0.717, 1.165) is 0 Å². The Bertz CT molecular complexity index is 865. The Labute approximate surface area is 145 Å². The van der Waals surface area contributed by atoms with Gasteiger partial charge in [0, 0.05) is 0 Å². The van der Waals surface area contributed by atoms with E-state index in [2.05, 4.69) is 15.6 Å². The van der Waals surface area contributed by atoms with Crippen LogP contribution in [0.1, 0.15) is 5.56 Å². The molecule has 0 radical (unpaired) electrons. The molecule has 1 amide bonds. The Balaban J connectivity index is 1.99. The molecule has 1 saturated heterocycles. The molecule has 1 fully saturated rings. The maximum atomic E-state index is 13.1. The summed E-state index contributed by atoms with van der Waals surface area (Å²) in [7, 11) is 1.72. The molecular weight excluding hydrogens is 378 g/mol. The number of benzene rings is 2. The quantitative estimate of drug-likeness (QED) is 0.466. The molecule has 5 nitrogen and oxygen atoms in total.